The second-order valence-electron chi connectivity index (χ2n) is 25.9. The number of fused-ring (bicyclic) bond motifs is 18. The molecule has 10 heteroatoms. The van der Waals surface area contributed by atoms with Crippen LogP contribution in [0, 0.1) is 0 Å². The molecule has 0 unspecified atom stereocenters. The maximum absolute atomic E-state index is 6.36. The van der Waals surface area contributed by atoms with E-state index in [-0.39, 0.29) is 0 Å². The minimum atomic E-state index is 0.859. The van der Waals surface area contributed by atoms with Crippen molar-refractivity contribution in [2.75, 3.05) is 0 Å². The van der Waals surface area contributed by atoms with E-state index in [1.54, 1.807) is 22.7 Å². The summed E-state index contributed by atoms with van der Waals surface area (Å²) in [7, 11) is 0. The lowest BCUT2D eigenvalue weighted by Gasteiger charge is -2.08. The van der Waals surface area contributed by atoms with Crippen molar-refractivity contribution < 1.29 is 13.3 Å². The molecule has 0 fully saturated rings. The Morgan fingerprint density at radius 1 is 0.225 bits per heavy atom. The zero-order valence-electron chi connectivity index (χ0n) is 54.3. The Kier molecular flexibility index (Phi) is 13.4. The summed E-state index contributed by atoms with van der Waals surface area (Å²) in [5.41, 5.74) is 24.8. The first-order valence-electron chi connectivity index (χ1n) is 33.9. The van der Waals surface area contributed by atoms with Gasteiger partial charge >= 0.3 is 0 Å². The molecule has 8 aromatic heterocycles. The van der Waals surface area contributed by atoms with E-state index < -0.39 is 0 Å². The van der Waals surface area contributed by atoms with Gasteiger partial charge in [-0.15, -0.1) is 34.0 Å². The van der Waals surface area contributed by atoms with Crippen LogP contribution in [0.4, 0.5) is 0 Å². The lowest BCUT2D eigenvalue weighted by molar-refractivity contribution is 0.669. The summed E-state index contributed by atoms with van der Waals surface area (Å²) in [6, 6.07) is 107. The van der Waals surface area contributed by atoms with E-state index in [2.05, 4.69) is 267 Å². The highest BCUT2D eigenvalue weighted by Crippen LogP contribution is 2.45. The van der Waals surface area contributed by atoms with Gasteiger partial charge in [-0.25, -0.2) is 9.97 Å². The number of hydrogen-bond acceptors (Lipinski definition) is 10. The zero-order chi connectivity index (χ0) is 66.9. The predicted molar refractivity (Wildman–Crippen MR) is 428 cm³/mol. The molecule has 0 N–H and O–H groups in total. The number of furan rings is 3. The van der Waals surface area contributed by atoms with E-state index in [9.17, 15) is 0 Å². The van der Waals surface area contributed by atoms with Gasteiger partial charge in [0.1, 0.15) is 54.2 Å². The zero-order valence-corrected chi connectivity index (χ0v) is 56.7. The molecule has 476 valence electrons. The van der Waals surface area contributed by atoms with Crippen molar-refractivity contribution in [1.82, 2.24) is 19.9 Å². The van der Waals surface area contributed by atoms with Gasteiger partial charge in [0.25, 0.3) is 0 Å². The standard InChI is InChI=1S/C46H26N2O2S.C46H26N2OS2/c1-3-13-40-34(7-1)36-11-5-9-32(44(36)49-40)28-17-15-27(16-18-28)31-23-24-42-38(25-31)43-46(51-42)48-39(26-47-43)30-21-19-29(20-22-30)33-10-6-12-37-35-8-2-4-14-41(35)50-45(33)37;1-3-19-40-34(13-1)36-17-7-15-32(44(36)49-40)29-10-5-9-27(23-29)28-21-22-42-38(25-28)43-46(51-42)48-39(26-47-43)31-12-6-11-30(24-31)33-16-8-18-37-35-14-2-4-20-41(35)50-45(33)37/h2*1-26H. The van der Waals surface area contributed by atoms with Gasteiger partial charge < -0.3 is 13.3 Å². The number of para-hydroxylation sites is 6. The van der Waals surface area contributed by atoms with Crippen molar-refractivity contribution in [3.8, 4) is 89.3 Å². The third-order valence-corrected chi connectivity index (χ3v) is 23.3. The fourth-order valence-corrected chi connectivity index (χ4v) is 18.2. The van der Waals surface area contributed by atoms with Crippen LogP contribution in [0.15, 0.2) is 329 Å². The molecule has 0 bridgehead atoms. The number of hydrogen-bond donors (Lipinski definition) is 0. The summed E-state index contributed by atoms with van der Waals surface area (Å²) < 4.78 is 23.9. The molecular weight excluding hydrogens is 1310 g/mol. The number of aromatic nitrogens is 4. The molecule has 22 aromatic rings. The summed E-state index contributed by atoms with van der Waals surface area (Å²) >= 11 is 5.24. The van der Waals surface area contributed by atoms with Gasteiger partial charge in [0.15, 0.2) is 0 Å². The molecule has 0 aliphatic heterocycles. The second kappa shape index (κ2) is 23.5. The second-order valence-corrected chi connectivity index (χ2v) is 29.0. The predicted octanol–water partition coefficient (Wildman–Crippen LogP) is 27.1. The normalized spacial score (nSPS) is 11.9. The van der Waals surface area contributed by atoms with Crippen molar-refractivity contribution in [1.29, 1.82) is 0 Å². The van der Waals surface area contributed by atoms with E-state index in [0.29, 0.717) is 0 Å². The fraction of sp³-hybridized carbons (Fsp3) is 0. The highest BCUT2D eigenvalue weighted by Gasteiger charge is 2.20. The molecule has 0 spiro atoms. The van der Waals surface area contributed by atoms with Gasteiger partial charge in [0.05, 0.1) is 23.8 Å². The van der Waals surface area contributed by atoms with Gasteiger partial charge in [0, 0.05) is 100 Å². The Morgan fingerprint density at radius 3 is 1.14 bits per heavy atom. The molecule has 0 amide bonds. The van der Waals surface area contributed by atoms with Crippen LogP contribution in [0.25, 0.3) is 216 Å². The van der Waals surface area contributed by atoms with Crippen LogP contribution in [0.1, 0.15) is 0 Å². The van der Waals surface area contributed by atoms with Crippen LogP contribution in [0.3, 0.4) is 0 Å². The molecule has 0 aliphatic carbocycles. The molecule has 0 saturated carbocycles. The third-order valence-electron chi connectivity index (χ3n) is 20.0. The van der Waals surface area contributed by atoms with Crippen molar-refractivity contribution >= 4 is 161 Å². The molecule has 0 radical (unpaired) electrons. The number of rotatable bonds is 8. The highest BCUT2D eigenvalue weighted by atomic mass is 32.1. The van der Waals surface area contributed by atoms with Gasteiger partial charge in [-0.1, -0.05) is 243 Å². The highest BCUT2D eigenvalue weighted by molar-refractivity contribution is 7.26. The van der Waals surface area contributed by atoms with Crippen LogP contribution in [0.5, 0.6) is 0 Å². The Morgan fingerprint density at radius 2 is 0.588 bits per heavy atom. The molecule has 8 heterocycles. The average Bonchev–Trinajstić information content (AvgIpc) is 1.60. The molecule has 14 aromatic carbocycles. The average molecular weight is 1360 g/mol. The van der Waals surface area contributed by atoms with E-state index in [0.717, 1.165) is 175 Å². The van der Waals surface area contributed by atoms with Crippen LogP contribution in [-0.2, 0) is 0 Å². The van der Waals surface area contributed by atoms with Crippen LogP contribution in [0.2, 0.25) is 0 Å². The van der Waals surface area contributed by atoms with Crippen molar-refractivity contribution in [2.24, 2.45) is 0 Å². The van der Waals surface area contributed by atoms with Gasteiger partial charge in [-0.2, -0.15) is 0 Å². The largest absolute Gasteiger partial charge is 0.455 e. The first kappa shape index (κ1) is 58.3. The lowest BCUT2D eigenvalue weighted by Crippen LogP contribution is -1.87. The third kappa shape index (κ3) is 9.67. The van der Waals surface area contributed by atoms with Crippen LogP contribution >= 0.6 is 34.0 Å². The monoisotopic (exact) mass is 1360 g/mol. The summed E-state index contributed by atoms with van der Waals surface area (Å²) in [5.74, 6) is 0. The summed E-state index contributed by atoms with van der Waals surface area (Å²) in [6.07, 6.45) is 3.82. The summed E-state index contributed by atoms with van der Waals surface area (Å²) in [5, 5.41) is 11.7. The summed E-state index contributed by atoms with van der Waals surface area (Å²) in [6.45, 7) is 0. The maximum Gasteiger partial charge on any atom is 0.143 e. The van der Waals surface area contributed by atoms with E-state index >= 15 is 0 Å². The molecule has 22 rings (SSSR count). The Hall–Kier alpha value is -12.7. The number of thiophene rings is 3. The minimum Gasteiger partial charge on any atom is -0.455 e. The lowest BCUT2D eigenvalue weighted by atomic mass is 9.97. The van der Waals surface area contributed by atoms with E-state index in [4.69, 9.17) is 33.2 Å². The Balaban J connectivity index is 0.000000133. The summed E-state index contributed by atoms with van der Waals surface area (Å²) in [4.78, 5) is 22.1. The molecule has 0 aliphatic rings. The minimum absolute atomic E-state index is 0.859. The molecule has 7 nitrogen and oxygen atoms in total. The topological polar surface area (TPSA) is 91.0 Å². The smallest absolute Gasteiger partial charge is 0.143 e. The molecule has 0 atom stereocenters. The Bertz CT molecular complexity index is 7150. The molecule has 102 heavy (non-hydrogen) atoms. The quantitative estimate of drug-likeness (QED) is 0.150. The van der Waals surface area contributed by atoms with Crippen LogP contribution < -0.4 is 0 Å². The van der Waals surface area contributed by atoms with Gasteiger partial charge in [0.2, 0.25) is 0 Å². The first-order chi connectivity index (χ1) is 50.5. The van der Waals surface area contributed by atoms with E-state index in [1.165, 1.54) is 40.7 Å². The van der Waals surface area contributed by atoms with E-state index in [1.807, 2.05) is 60.1 Å². The van der Waals surface area contributed by atoms with Crippen molar-refractivity contribution in [2.45, 2.75) is 0 Å². The van der Waals surface area contributed by atoms with Gasteiger partial charge in [-0.05, 0) is 111 Å². The van der Waals surface area contributed by atoms with Gasteiger partial charge in [-0.3, -0.25) is 9.97 Å². The fourth-order valence-electron chi connectivity index (χ4n) is 15.0. The molecular formula is C92H52N4O3S3. The Labute approximate surface area is 594 Å². The van der Waals surface area contributed by atoms with Crippen molar-refractivity contribution in [3.05, 3.63) is 316 Å². The van der Waals surface area contributed by atoms with Crippen molar-refractivity contribution in [3.63, 3.8) is 0 Å². The number of nitrogens with zero attached hydrogens (tertiary/aromatic N) is 4. The maximum atomic E-state index is 6.36. The molecule has 0 saturated heterocycles. The first-order valence-corrected chi connectivity index (χ1v) is 36.4. The SMILES string of the molecule is c1cc(-c2ccc3sc4nc(-c5cccc(-c6cccc7c6sc6ccccc67)c5)cnc4c3c2)cc(-c2cccc3c2oc2ccccc23)c1.c1ccc2c(c1)oc1c(-c3ccc(-c4ccc5sc6nc(-c7ccc(-c8cccc9c8oc8ccccc89)cc7)cnc6c5c4)cc3)cccc12. The van der Waals surface area contributed by atoms with Crippen LogP contribution in [-0.4, -0.2) is 19.9 Å². The number of benzene rings is 14.